The van der Waals surface area contributed by atoms with Crippen molar-refractivity contribution in [3.63, 3.8) is 0 Å². The molecule has 1 heterocycles. The van der Waals surface area contributed by atoms with Crippen molar-refractivity contribution in [2.24, 2.45) is 11.7 Å². The van der Waals surface area contributed by atoms with Gasteiger partial charge in [-0.2, -0.15) is 0 Å². The molecule has 0 bridgehead atoms. The zero-order chi connectivity index (χ0) is 20.4. The zero-order valence-electron chi connectivity index (χ0n) is 14.6. The Morgan fingerprint density at radius 1 is 1.11 bits per heavy atom. The molecule has 0 saturated carbocycles. The van der Waals surface area contributed by atoms with E-state index in [1.54, 1.807) is 12.1 Å². The Balaban J connectivity index is 1.86. The Bertz CT molecular complexity index is 951. The van der Waals surface area contributed by atoms with Gasteiger partial charge in [0.2, 0.25) is 0 Å². The number of nitrogens with two attached hydrogens (primary N) is 1. The summed E-state index contributed by atoms with van der Waals surface area (Å²) in [6.07, 6.45) is 0. The van der Waals surface area contributed by atoms with Gasteiger partial charge >= 0.3 is 12.0 Å². The summed E-state index contributed by atoms with van der Waals surface area (Å²) in [5.41, 5.74) is 5.64. The Labute approximate surface area is 158 Å². The monoisotopic (exact) mass is 389 g/mol. The molecule has 1 fully saturated rings. The number of anilines is 1. The molecule has 0 radical (unpaired) electrons. The third-order valence-electron chi connectivity index (χ3n) is 4.66. The predicted octanol–water partition coefficient (Wildman–Crippen LogP) is 2.40. The van der Waals surface area contributed by atoms with Gasteiger partial charge in [-0.25, -0.2) is 13.6 Å². The van der Waals surface area contributed by atoms with Gasteiger partial charge in [0.05, 0.1) is 5.92 Å². The van der Waals surface area contributed by atoms with Crippen molar-refractivity contribution >= 4 is 23.6 Å². The van der Waals surface area contributed by atoms with Crippen LogP contribution < -0.4 is 11.1 Å². The Hall–Kier alpha value is -3.49. The maximum absolute atomic E-state index is 14.2. The van der Waals surface area contributed by atoms with Crippen molar-refractivity contribution in [1.29, 1.82) is 0 Å². The number of urea groups is 1. The highest BCUT2D eigenvalue weighted by molar-refractivity contribution is 5.97. The minimum atomic E-state index is -1.17. The van der Waals surface area contributed by atoms with Crippen LogP contribution >= 0.6 is 0 Å². The second kappa shape index (κ2) is 7.63. The van der Waals surface area contributed by atoms with E-state index in [1.807, 2.05) is 0 Å². The molecule has 1 saturated heterocycles. The number of nitrogens with one attached hydrogen (secondary N) is 1. The lowest BCUT2D eigenvalue weighted by atomic mass is 9.88. The molecule has 0 aromatic heterocycles. The highest BCUT2D eigenvalue weighted by Crippen LogP contribution is 2.35. The minimum Gasteiger partial charge on any atom is -0.481 e. The first kappa shape index (κ1) is 19.3. The Morgan fingerprint density at radius 3 is 2.50 bits per heavy atom. The summed E-state index contributed by atoms with van der Waals surface area (Å²) >= 11 is 0. The number of carboxylic acids is 1. The minimum absolute atomic E-state index is 0.0359. The fourth-order valence-electron chi connectivity index (χ4n) is 3.39. The summed E-state index contributed by atoms with van der Waals surface area (Å²) in [6.45, 7) is -0.158. The predicted molar refractivity (Wildman–Crippen MR) is 95.8 cm³/mol. The first-order valence-corrected chi connectivity index (χ1v) is 8.40. The highest BCUT2D eigenvalue weighted by atomic mass is 19.1. The zero-order valence-corrected chi connectivity index (χ0v) is 14.6. The summed E-state index contributed by atoms with van der Waals surface area (Å²) < 4.78 is 27.4. The van der Waals surface area contributed by atoms with Crippen LogP contribution in [0, 0.1) is 17.6 Å². The normalized spacial score (nSPS) is 18.7. The van der Waals surface area contributed by atoms with Crippen LogP contribution in [-0.2, 0) is 4.79 Å². The van der Waals surface area contributed by atoms with Gasteiger partial charge in [0, 0.05) is 36.3 Å². The van der Waals surface area contributed by atoms with E-state index >= 15 is 0 Å². The Morgan fingerprint density at radius 2 is 1.86 bits per heavy atom. The molecule has 7 nitrogen and oxygen atoms in total. The van der Waals surface area contributed by atoms with Crippen LogP contribution in [-0.4, -0.2) is 41.0 Å². The molecule has 2 aromatic carbocycles. The number of hydrogen-bond acceptors (Lipinski definition) is 3. The van der Waals surface area contributed by atoms with Crippen LogP contribution in [0.3, 0.4) is 0 Å². The molecule has 2 atom stereocenters. The quantitative estimate of drug-likeness (QED) is 0.745. The van der Waals surface area contributed by atoms with E-state index in [4.69, 9.17) is 5.73 Å². The van der Waals surface area contributed by atoms with Gasteiger partial charge in [-0.05, 0) is 29.8 Å². The molecule has 1 aliphatic rings. The van der Waals surface area contributed by atoms with Crippen molar-refractivity contribution in [2.75, 3.05) is 18.4 Å². The van der Waals surface area contributed by atoms with Gasteiger partial charge < -0.3 is 21.1 Å². The van der Waals surface area contributed by atoms with E-state index in [2.05, 4.69) is 5.32 Å². The van der Waals surface area contributed by atoms with Gasteiger partial charge in [0.25, 0.3) is 5.91 Å². The average molecular weight is 389 g/mol. The number of hydrogen-bond donors (Lipinski definition) is 3. The SMILES string of the molecule is NC(=O)Nc1cccc(C(=O)N2C[C@H](C(=O)O)[C@@H](c3ccc(F)cc3F)C2)c1. The van der Waals surface area contributed by atoms with Crippen molar-refractivity contribution in [1.82, 2.24) is 4.90 Å². The smallest absolute Gasteiger partial charge is 0.316 e. The number of likely N-dealkylation sites (tertiary alicyclic amines) is 1. The van der Waals surface area contributed by atoms with Crippen LogP contribution in [0.2, 0.25) is 0 Å². The van der Waals surface area contributed by atoms with E-state index in [9.17, 15) is 28.3 Å². The molecule has 2 aromatic rings. The van der Waals surface area contributed by atoms with Gasteiger partial charge in [-0.3, -0.25) is 9.59 Å². The van der Waals surface area contributed by atoms with Crippen LogP contribution in [0.25, 0.3) is 0 Å². The fraction of sp³-hybridized carbons (Fsp3) is 0.211. The summed E-state index contributed by atoms with van der Waals surface area (Å²) in [5, 5.41) is 11.9. The lowest BCUT2D eigenvalue weighted by molar-refractivity contribution is -0.141. The standard InChI is InChI=1S/C19H17F2N3O4/c20-11-4-5-13(16(21)7-11)14-8-24(9-15(14)18(26)27)17(25)10-2-1-3-12(6-10)23-19(22)28/h1-7,14-15H,8-9H2,(H,26,27)(H3,22,23,28)/t14-,15+/m1/s1. The average Bonchev–Trinajstić information content (AvgIpc) is 3.06. The first-order valence-electron chi connectivity index (χ1n) is 8.40. The molecule has 146 valence electrons. The van der Waals surface area contributed by atoms with Gasteiger partial charge in [0.1, 0.15) is 11.6 Å². The lowest BCUT2D eigenvalue weighted by Crippen LogP contribution is -2.30. The number of aliphatic carboxylic acids is 1. The topological polar surface area (TPSA) is 113 Å². The van der Waals surface area contributed by atoms with Crippen molar-refractivity contribution < 1.29 is 28.3 Å². The highest BCUT2D eigenvalue weighted by Gasteiger charge is 2.41. The number of halogens is 2. The van der Waals surface area contributed by atoms with E-state index in [0.717, 1.165) is 6.07 Å². The maximum Gasteiger partial charge on any atom is 0.316 e. The van der Waals surface area contributed by atoms with Crippen molar-refractivity contribution in [3.05, 3.63) is 65.2 Å². The molecular weight excluding hydrogens is 372 g/mol. The number of benzene rings is 2. The fourth-order valence-corrected chi connectivity index (χ4v) is 3.39. The number of carbonyl (C=O) groups is 3. The molecule has 1 aliphatic heterocycles. The molecule has 3 rings (SSSR count). The molecule has 9 heteroatoms. The number of rotatable bonds is 4. The molecule has 28 heavy (non-hydrogen) atoms. The van der Waals surface area contributed by atoms with Crippen molar-refractivity contribution in [2.45, 2.75) is 5.92 Å². The van der Waals surface area contributed by atoms with Crippen LogP contribution in [0.15, 0.2) is 42.5 Å². The van der Waals surface area contributed by atoms with Crippen LogP contribution in [0.1, 0.15) is 21.8 Å². The van der Waals surface area contributed by atoms with Crippen LogP contribution in [0.4, 0.5) is 19.3 Å². The number of carbonyl (C=O) groups excluding carboxylic acids is 2. The number of amides is 3. The van der Waals surface area contributed by atoms with Gasteiger partial charge in [-0.1, -0.05) is 12.1 Å². The number of nitrogens with zero attached hydrogens (tertiary/aromatic N) is 1. The van der Waals surface area contributed by atoms with E-state index < -0.39 is 41.4 Å². The van der Waals surface area contributed by atoms with Crippen molar-refractivity contribution in [3.8, 4) is 0 Å². The Kier molecular flexibility index (Phi) is 5.25. The van der Waals surface area contributed by atoms with Gasteiger partial charge in [-0.15, -0.1) is 0 Å². The number of primary amides is 1. The summed E-state index contributed by atoms with van der Waals surface area (Å²) in [6, 6.07) is 8.17. The second-order valence-corrected chi connectivity index (χ2v) is 6.50. The molecule has 3 amide bonds. The van der Waals surface area contributed by atoms with E-state index in [-0.39, 0.29) is 24.2 Å². The second-order valence-electron chi connectivity index (χ2n) is 6.50. The summed E-state index contributed by atoms with van der Waals surface area (Å²) in [7, 11) is 0. The molecule has 0 unspecified atom stereocenters. The number of carboxylic acid groups (broad SMARTS) is 1. The van der Waals surface area contributed by atoms with E-state index in [1.165, 1.54) is 23.1 Å². The largest absolute Gasteiger partial charge is 0.481 e. The van der Waals surface area contributed by atoms with E-state index in [0.29, 0.717) is 11.8 Å². The molecule has 4 N–H and O–H groups in total. The van der Waals surface area contributed by atoms with Crippen LogP contribution in [0.5, 0.6) is 0 Å². The summed E-state index contributed by atoms with van der Waals surface area (Å²) in [5.74, 6) is -5.10. The molecule has 0 spiro atoms. The third-order valence-corrected chi connectivity index (χ3v) is 4.66. The van der Waals surface area contributed by atoms with Gasteiger partial charge in [0.15, 0.2) is 0 Å². The molecule has 0 aliphatic carbocycles. The molecular formula is C19H17F2N3O4. The first-order chi connectivity index (χ1) is 13.3. The summed E-state index contributed by atoms with van der Waals surface area (Å²) in [4.78, 5) is 36.7. The lowest BCUT2D eigenvalue weighted by Gasteiger charge is -2.17. The third kappa shape index (κ3) is 3.93. The maximum atomic E-state index is 14.2.